The van der Waals surface area contributed by atoms with Crippen LogP contribution in [-0.2, 0) is 17.6 Å². The van der Waals surface area contributed by atoms with Crippen molar-refractivity contribution in [1.82, 2.24) is 5.32 Å². The van der Waals surface area contributed by atoms with Crippen molar-refractivity contribution < 1.29 is 14.3 Å². The minimum absolute atomic E-state index is 0.228. The summed E-state index contributed by atoms with van der Waals surface area (Å²) in [4.78, 5) is 15.9. The number of carbonyl (C=O) groups excluding carboxylic acids is 1. The summed E-state index contributed by atoms with van der Waals surface area (Å²) in [6, 6.07) is 12.0. The minimum atomic E-state index is -0.755. The number of benzene rings is 2. The van der Waals surface area contributed by atoms with Gasteiger partial charge in [-0.15, -0.1) is 0 Å². The van der Waals surface area contributed by atoms with Gasteiger partial charge in [-0.25, -0.2) is 4.39 Å². The van der Waals surface area contributed by atoms with Gasteiger partial charge < -0.3 is 16.2 Å². The number of fused-ring (bicyclic) bond motifs is 1. The molecule has 2 aromatic rings. The van der Waals surface area contributed by atoms with E-state index in [1.807, 2.05) is 18.2 Å². The number of hydrogen-bond donors (Lipinski definition) is 3. The molecule has 3 rings (SSSR count). The fraction of sp³-hybridized carbons (Fsp3) is 0.300. The van der Waals surface area contributed by atoms with E-state index < -0.39 is 17.9 Å². The number of nitrogens with zero attached hydrogens (tertiary/aromatic N) is 1. The molecule has 0 fully saturated rings. The Bertz CT molecular complexity index is 805. The molecule has 0 radical (unpaired) electrons. The van der Waals surface area contributed by atoms with Crippen molar-refractivity contribution in [3.8, 4) is 0 Å². The van der Waals surface area contributed by atoms with Crippen LogP contribution in [0.25, 0.3) is 0 Å². The predicted molar refractivity (Wildman–Crippen MR) is 99.2 cm³/mol. The van der Waals surface area contributed by atoms with Crippen molar-refractivity contribution in [2.75, 3.05) is 13.1 Å². The molecule has 1 amide bonds. The van der Waals surface area contributed by atoms with E-state index in [-0.39, 0.29) is 5.82 Å². The number of aliphatic imine (C=N–C) groups is 1. The molecule has 0 saturated heterocycles. The van der Waals surface area contributed by atoms with Gasteiger partial charge in [0.25, 0.3) is 0 Å². The fourth-order valence-electron chi connectivity index (χ4n) is 3.23. The number of nitrogens with one attached hydrogen (secondary N) is 1. The number of amides is 1. The molecule has 0 bridgehead atoms. The summed E-state index contributed by atoms with van der Waals surface area (Å²) in [5.41, 5.74) is 8.91. The van der Waals surface area contributed by atoms with Crippen LogP contribution in [0.1, 0.15) is 22.6 Å². The molecule has 0 aliphatic heterocycles. The van der Waals surface area contributed by atoms with Gasteiger partial charge in [0.15, 0.2) is 0 Å². The second-order valence-electron chi connectivity index (χ2n) is 6.43. The predicted octanol–water partition coefficient (Wildman–Crippen LogP) is 1.85. The Morgan fingerprint density at radius 1 is 1.31 bits per heavy atom. The molecule has 0 saturated carbocycles. The molecule has 0 aromatic heterocycles. The maximum Gasteiger partial charge on any atom is 0.227 e. The summed E-state index contributed by atoms with van der Waals surface area (Å²) in [6.07, 6.45) is 2.26. The van der Waals surface area contributed by atoms with E-state index in [2.05, 4.69) is 10.3 Å². The van der Waals surface area contributed by atoms with Crippen molar-refractivity contribution in [3.05, 3.63) is 65.0 Å². The molecule has 6 heteroatoms. The van der Waals surface area contributed by atoms with Gasteiger partial charge in [0, 0.05) is 12.8 Å². The average molecular weight is 355 g/mol. The van der Waals surface area contributed by atoms with Gasteiger partial charge in [0.1, 0.15) is 5.82 Å². The Balaban J connectivity index is 1.50. The molecule has 4 N–H and O–H groups in total. The molecule has 136 valence electrons. The number of nitrogens with two attached hydrogens (primary N) is 1. The Kier molecular flexibility index (Phi) is 5.75. The third-order valence-electron chi connectivity index (χ3n) is 4.56. The number of aliphatic hydroxyl groups is 1. The number of primary amides is 1. The van der Waals surface area contributed by atoms with Gasteiger partial charge >= 0.3 is 0 Å². The molecule has 2 atom stereocenters. The van der Waals surface area contributed by atoms with Crippen LogP contribution in [0.5, 0.6) is 0 Å². The first-order valence-corrected chi connectivity index (χ1v) is 8.62. The smallest absolute Gasteiger partial charge is 0.227 e. The molecule has 2 aromatic carbocycles. The second kappa shape index (κ2) is 8.21. The summed E-state index contributed by atoms with van der Waals surface area (Å²) < 4.78 is 12.8. The van der Waals surface area contributed by atoms with Gasteiger partial charge in [-0.05, 0) is 60.3 Å². The van der Waals surface area contributed by atoms with Crippen LogP contribution in [0.15, 0.2) is 47.5 Å². The lowest BCUT2D eigenvalue weighted by Crippen LogP contribution is -2.28. The molecule has 1 aliphatic rings. The molecule has 26 heavy (non-hydrogen) atoms. The first-order chi connectivity index (χ1) is 12.5. The Morgan fingerprint density at radius 3 is 2.81 bits per heavy atom. The monoisotopic (exact) mass is 355 g/mol. The van der Waals surface area contributed by atoms with E-state index >= 15 is 0 Å². The zero-order chi connectivity index (χ0) is 18.5. The van der Waals surface area contributed by atoms with Crippen molar-refractivity contribution >= 4 is 17.8 Å². The molecular weight excluding hydrogens is 333 g/mol. The summed E-state index contributed by atoms with van der Waals surface area (Å²) in [6.45, 7) is 1.36. The van der Waals surface area contributed by atoms with Gasteiger partial charge in [-0.2, -0.15) is 0 Å². The Morgan fingerprint density at radius 2 is 2.08 bits per heavy atom. The Labute approximate surface area is 151 Å². The first kappa shape index (κ1) is 18.2. The van der Waals surface area contributed by atoms with Crippen molar-refractivity contribution in [2.45, 2.75) is 24.9 Å². The first-order valence-electron chi connectivity index (χ1n) is 8.62. The van der Waals surface area contributed by atoms with Gasteiger partial charge in [-0.1, -0.05) is 18.2 Å². The van der Waals surface area contributed by atoms with Crippen molar-refractivity contribution in [1.29, 1.82) is 0 Å². The Hall–Kier alpha value is -2.57. The van der Waals surface area contributed by atoms with Crippen molar-refractivity contribution in [2.24, 2.45) is 10.7 Å². The van der Waals surface area contributed by atoms with E-state index in [0.717, 1.165) is 35.3 Å². The van der Waals surface area contributed by atoms with Crippen LogP contribution in [0.3, 0.4) is 0 Å². The standard InChI is InChI=1S/C20H22FN3O2/c21-15-4-1-13(2-5-15)7-8-23-9-10-24-16-6-3-14-11-18(25)19(20(22)26)17(14)12-16/h1-6,10,12,18-19,23,25H,7-9,11H2,(H2,22,26). The number of halogens is 1. The van der Waals surface area contributed by atoms with Crippen LogP contribution in [0, 0.1) is 5.82 Å². The van der Waals surface area contributed by atoms with Gasteiger partial charge in [0.05, 0.1) is 17.7 Å². The summed E-state index contributed by atoms with van der Waals surface area (Å²) in [7, 11) is 0. The highest BCUT2D eigenvalue weighted by Crippen LogP contribution is 2.35. The van der Waals surface area contributed by atoms with Crippen LogP contribution in [0.4, 0.5) is 10.1 Å². The summed E-state index contributed by atoms with van der Waals surface area (Å²) in [5, 5.41) is 13.2. The fourth-order valence-corrected chi connectivity index (χ4v) is 3.23. The SMILES string of the molecule is NC(=O)C1c2cc(N=CCNCCc3ccc(F)cc3)ccc2CC1O. The van der Waals surface area contributed by atoms with Crippen LogP contribution in [-0.4, -0.2) is 36.4 Å². The van der Waals surface area contributed by atoms with E-state index in [1.54, 1.807) is 18.3 Å². The van der Waals surface area contributed by atoms with Gasteiger partial charge in [-0.3, -0.25) is 9.79 Å². The van der Waals surface area contributed by atoms with E-state index in [0.29, 0.717) is 13.0 Å². The lowest BCUT2D eigenvalue weighted by Gasteiger charge is -2.11. The number of rotatable bonds is 7. The third kappa shape index (κ3) is 4.33. The van der Waals surface area contributed by atoms with Gasteiger partial charge in [0.2, 0.25) is 5.91 Å². The molecule has 0 heterocycles. The highest BCUT2D eigenvalue weighted by molar-refractivity contribution is 5.84. The molecule has 1 aliphatic carbocycles. The minimum Gasteiger partial charge on any atom is -0.392 e. The lowest BCUT2D eigenvalue weighted by molar-refractivity contribution is -0.121. The summed E-state index contributed by atoms with van der Waals surface area (Å²) >= 11 is 0. The zero-order valence-corrected chi connectivity index (χ0v) is 14.4. The summed E-state index contributed by atoms with van der Waals surface area (Å²) in [5.74, 6) is -1.40. The topological polar surface area (TPSA) is 87.7 Å². The number of carbonyl (C=O) groups is 1. The highest BCUT2D eigenvalue weighted by atomic mass is 19.1. The zero-order valence-electron chi connectivity index (χ0n) is 14.4. The number of hydrogen-bond acceptors (Lipinski definition) is 4. The lowest BCUT2D eigenvalue weighted by atomic mass is 9.99. The van der Waals surface area contributed by atoms with Crippen LogP contribution < -0.4 is 11.1 Å². The van der Waals surface area contributed by atoms with E-state index in [4.69, 9.17) is 5.73 Å². The van der Waals surface area contributed by atoms with Crippen LogP contribution >= 0.6 is 0 Å². The maximum atomic E-state index is 12.8. The normalized spacial score (nSPS) is 19.0. The molecule has 0 spiro atoms. The van der Waals surface area contributed by atoms with E-state index in [9.17, 15) is 14.3 Å². The largest absolute Gasteiger partial charge is 0.392 e. The molecule has 2 unspecified atom stereocenters. The van der Waals surface area contributed by atoms with E-state index in [1.165, 1.54) is 12.1 Å². The number of aliphatic hydroxyl groups excluding tert-OH is 1. The molecular formula is C20H22FN3O2. The second-order valence-corrected chi connectivity index (χ2v) is 6.43. The average Bonchev–Trinajstić information content (AvgIpc) is 2.94. The molecule has 5 nitrogen and oxygen atoms in total. The highest BCUT2D eigenvalue weighted by Gasteiger charge is 2.35. The quantitative estimate of drug-likeness (QED) is 0.523. The third-order valence-corrected chi connectivity index (χ3v) is 4.56. The van der Waals surface area contributed by atoms with Crippen molar-refractivity contribution in [3.63, 3.8) is 0 Å². The maximum absolute atomic E-state index is 12.8. The van der Waals surface area contributed by atoms with Crippen LogP contribution in [0.2, 0.25) is 0 Å².